The molecule has 1 aromatic rings. The molecule has 0 aliphatic rings. The second kappa shape index (κ2) is 3.89. The van der Waals surface area contributed by atoms with Gasteiger partial charge < -0.3 is 10.5 Å². The van der Waals surface area contributed by atoms with Crippen LogP contribution in [0.5, 0.6) is 0 Å². The van der Waals surface area contributed by atoms with E-state index in [1.54, 1.807) is 0 Å². The molecule has 0 radical (unpaired) electrons. The van der Waals surface area contributed by atoms with Gasteiger partial charge in [-0.15, -0.1) is 0 Å². The second-order valence-corrected chi connectivity index (χ2v) is 5.66. The third-order valence-electron chi connectivity index (χ3n) is 1.62. The van der Waals surface area contributed by atoms with Crippen molar-refractivity contribution in [1.82, 2.24) is 0 Å². The van der Waals surface area contributed by atoms with Crippen LogP contribution < -0.4 is 10.5 Å². The van der Waals surface area contributed by atoms with Crippen LogP contribution in [0.2, 0.25) is 0 Å². The van der Waals surface area contributed by atoms with Crippen LogP contribution in [0.1, 0.15) is 5.56 Å². The summed E-state index contributed by atoms with van der Waals surface area (Å²) in [4.78, 5) is 0. The molecule has 0 spiro atoms. The first-order valence-electron chi connectivity index (χ1n) is 4.16. The summed E-state index contributed by atoms with van der Waals surface area (Å²) >= 11 is 0. The van der Waals surface area contributed by atoms with Crippen LogP contribution in [0, 0.1) is 0 Å². The Balaban J connectivity index is 3.19. The van der Waals surface area contributed by atoms with Crippen LogP contribution in [0.25, 0.3) is 0 Å². The van der Waals surface area contributed by atoms with Gasteiger partial charge in [0.1, 0.15) is 0 Å². The maximum absolute atomic E-state index is 12.4. The lowest BCUT2D eigenvalue weighted by atomic mass is 10.2. The minimum absolute atomic E-state index is 0.0369. The Morgan fingerprint density at radius 1 is 1.38 bits per heavy atom. The highest BCUT2D eigenvalue weighted by atomic mass is 32.2. The van der Waals surface area contributed by atoms with E-state index in [9.17, 15) is 17.4 Å². The van der Waals surface area contributed by atoms with Gasteiger partial charge in [0.15, 0.2) is 0 Å². The molecule has 0 saturated heterocycles. The topological polar surface area (TPSA) is 55.1 Å². The van der Waals surface area contributed by atoms with E-state index in [2.05, 4.69) is 10.6 Å². The van der Waals surface area contributed by atoms with Crippen LogP contribution >= 0.6 is 0 Å². The molecule has 0 aromatic heterocycles. The lowest BCUT2D eigenvalue weighted by Crippen LogP contribution is -2.12. The summed E-state index contributed by atoms with van der Waals surface area (Å²) < 4.78 is 50.9. The standard InChI is InChI=1S/C9H11F3N2OS/c1-16(2,15)14-8-4-6(9(10,11)12)3-7(13)5-8/h3-5H,1,13H2,2H3,(H,14,15). The van der Waals surface area contributed by atoms with E-state index < -0.39 is 21.4 Å². The fourth-order valence-electron chi connectivity index (χ4n) is 1.12. The number of nitrogen functional groups attached to an aromatic ring is 1. The third-order valence-corrected chi connectivity index (χ3v) is 2.28. The average Bonchev–Trinajstić information content (AvgIpc) is 1.97. The largest absolute Gasteiger partial charge is 0.416 e. The smallest absolute Gasteiger partial charge is 0.399 e. The molecular formula is C9H11F3N2OS. The summed E-state index contributed by atoms with van der Waals surface area (Å²) in [5, 5.41) is 0. The van der Waals surface area contributed by atoms with E-state index in [1.807, 2.05) is 0 Å². The molecule has 0 fully saturated rings. The maximum atomic E-state index is 12.4. The minimum Gasteiger partial charge on any atom is -0.399 e. The summed E-state index contributed by atoms with van der Waals surface area (Å²) in [6, 6.07) is 2.92. The SMILES string of the molecule is C=S(C)(=O)Nc1cc(N)cc(C(F)(F)F)c1. The maximum Gasteiger partial charge on any atom is 0.416 e. The van der Waals surface area contributed by atoms with Crippen LogP contribution in [0.15, 0.2) is 18.2 Å². The van der Waals surface area contributed by atoms with Crippen molar-refractivity contribution in [2.45, 2.75) is 6.18 Å². The van der Waals surface area contributed by atoms with Gasteiger partial charge in [-0.1, -0.05) is 0 Å². The Hall–Kier alpha value is -1.37. The number of anilines is 2. The molecule has 0 amide bonds. The predicted octanol–water partition coefficient (Wildman–Crippen LogP) is 1.96. The van der Waals surface area contributed by atoms with Gasteiger partial charge in [0.2, 0.25) is 0 Å². The fourth-order valence-corrected chi connectivity index (χ4v) is 1.74. The molecule has 0 bridgehead atoms. The minimum atomic E-state index is -4.48. The van der Waals surface area contributed by atoms with Crippen molar-refractivity contribution < 1.29 is 17.4 Å². The van der Waals surface area contributed by atoms with E-state index in [1.165, 1.54) is 12.3 Å². The van der Waals surface area contributed by atoms with Gasteiger partial charge in [0.25, 0.3) is 0 Å². The van der Waals surface area contributed by atoms with Crippen molar-refractivity contribution in [3.63, 3.8) is 0 Å². The van der Waals surface area contributed by atoms with E-state index in [-0.39, 0.29) is 11.4 Å². The molecule has 0 aliphatic carbocycles. The molecule has 0 saturated carbocycles. The predicted molar refractivity (Wildman–Crippen MR) is 60.7 cm³/mol. The second-order valence-electron chi connectivity index (χ2n) is 3.45. The summed E-state index contributed by atoms with van der Waals surface area (Å²) in [7, 11) is -2.63. The highest BCUT2D eigenvalue weighted by Crippen LogP contribution is 2.32. The molecule has 1 atom stereocenters. The molecule has 1 rings (SSSR count). The molecule has 16 heavy (non-hydrogen) atoms. The summed E-state index contributed by atoms with van der Waals surface area (Å²) in [5.74, 6) is 3.28. The normalized spacial score (nSPS) is 15.5. The van der Waals surface area contributed by atoms with E-state index in [0.29, 0.717) is 0 Å². The van der Waals surface area contributed by atoms with Gasteiger partial charge in [-0.3, -0.25) is 0 Å². The van der Waals surface area contributed by atoms with Crippen molar-refractivity contribution in [1.29, 1.82) is 0 Å². The zero-order valence-corrected chi connectivity index (χ0v) is 9.28. The lowest BCUT2D eigenvalue weighted by Gasteiger charge is -2.12. The van der Waals surface area contributed by atoms with Crippen LogP contribution in [-0.4, -0.2) is 16.3 Å². The van der Waals surface area contributed by atoms with E-state index in [4.69, 9.17) is 5.73 Å². The molecule has 0 heterocycles. The Kier molecular flexibility index (Phi) is 3.09. The summed E-state index contributed by atoms with van der Waals surface area (Å²) in [5.41, 5.74) is 4.41. The molecule has 7 heteroatoms. The molecule has 3 N–H and O–H groups in total. The van der Waals surface area contributed by atoms with Gasteiger partial charge in [0, 0.05) is 27.3 Å². The summed E-state index contributed by atoms with van der Waals surface area (Å²) in [6.07, 6.45) is -3.20. The van der Waals surface area contributed by atoms with E-state index >= 15 is 0 Å². The first kappa shape index (κ1) is 12.7. The zero-order valence-electron chi connectivity index (χ0n) is 8.47. The fraction of sp³-hybridized carbons (Fsp3) is 0.222. The van der Waals surface area contributed by atoms with Crippen LogP contribution in [0.3, 0.4) is 0 Å². The van der Waals surface area contributed by atoms with Gasteiger partial charge in [-0.2, -0.15) is 13.2 Å². The van der Waals surface area contributed by atoms with Crippen molar-refractivity contribution in [2.75, 3.05) is 16.7 Å². The molecule has 3 nitrogen and oxygen atoms in total. The zero-order chi connectivity index (χ0) is 12.6. The number of halogens is 3. The van der Waals surface area contributed by atoms with Crippen molar-refractivity contribution >= 4 is 27.0 Å². The molecular weight excluding hydrogens is 241 g/mol. The van der Waals surface area contributed by atoms with E-state index in [0.717, 1.165) is 12.1 Å². The van der Waals surface area contributed by atoms with Gasteiger partial charge in [-0.05, 0) is 24.1 Å². The number of benzene rings is 1. The molecule has 90 valence electrons. The highest BCUT2D eigenvalue weighted by molar-refractivity contribution is 8.00. The average molecular weight is 252 g/mol. The van der Waals surface area contributed by atoms with Crippen LogP contribution in [-0.2, 0) is 15.9 Å². The van der Waals surface area contributed by atoms with Gasteiger partial charge >= 0.3 is 6.18 Å². The lowest BCUT2D eigenvalue weighted by molar-refractivity contribution is -0.137. The number of hydrogen-bond donors (Lipinski definition) is 2. The Morgan fingerprint density at radius 2 is 1.94 bits per heavy atom. The van der Waals surface area contributed by atoms with Crippen molar-refractivity contribution in [3.05, 3.63) is 23.8 Å². The molecule has 1 unspecified atom stereocenters. The number of nitrogens with two attached hydrogens (primary N) is 1. The van der Waals surface area contributed by atoms with Crippen molar-refractivity contribution in [2.24, 2.45) is 0 Å². The first-order valence-corrected chi connectivity index (χ1v) is 6.29. The third kappa shape index (κ3) is 3.65. The Morgan fingerprint density at radius 3 is 2.38 bits per heavy atom. The van der Waals surface area contributed by atoms with Crippen molar-refractivity contribution in [3.8, 4) is 0 Å². The monoisotopic (exact) mass is 252 g/mol. The first-order chi connectivity index (χ1) is 7.08. The number of hydrogen-bond acceptors (Lipinski definition) is 2. The van der Waals surface area contributed by atoms with Crippen LogP contribution in [0.4, 0.5) is 24.5 Å². The van der Waals surface area contributed by atoms with Gasteiger partial charge in [-0.25, -0.2) is 4.21 Å². The number of alkyl halides is 3. The molecule has 0 aliphatic heterocycles. The number of nitrogens with one attached hydrogen (secondary N) is 1. The summed E-state index contributed by atoms with van der Waals surface area (Å²) in [6.45, 7) is 0. The molecule has 1 aromatic carbocycles. The highest BCUT2D eigenvalue weighted by Gasteiger charge is 2.31. The Bertz CT molecular complexity index is 494. The number of rotatable bonds is 2. The quantitative estimate of drug-likeness (QED) is 0.624. The van der Waals surface area contributed by atoms with Gasteiger partial charge in [0.05, 0.1) is 5.56 Å². The Labute approximate surface area is 91.6 Å².